The van der Waals surface area contributed by atoms with Gasteiger partial charge >= 0.3 is 0 Å². The number of pyridine rings is 1. The molecule has 1 saturated carbocycles. The van der Waals surface area contributed by atoms with Gasteiger partial charge in [0, 0.05) is 18.8 Å². The third-order valence-electron chi connectivity index (χ3n) is 4.06. The smallest absolute Gasteiger partial charge is 0.141 e. The number of amidine groups is 1. The molecule has 1 aliphatic rings. The van der Waals surface area contributed by atoms with E-state index in [0.29, 0.717) is 11.7 Å². The highest BCUT2D eigenvalue weighted by atomic mass is 15.1. The fraction of sp³-hybridized carbons (Fsp3) is 0.600. The summed E-state index contributed by atoms with van der Waals surface area (Å²) in [5, 5.41) is 7.44. The van der Waals surface area contributed by atoms with E-state index in [1.54, 1.807) is 6.20 Å². The van der Waals surface area contributed by atoms with Crippen LogP contribution >= 0.6 is 0 Å². The number of rotatable bonds is 4. The molecule has 0 amide bonds. The second-order valence-corrected chi connectivity index (χ2v) is 5.80. The van der Waals surface area contributed by atoms with Crippen LogP contribution in [0.1, 0.15) is 43.9 Å². The summed E-state index contributed by atoms with van der Waals surface area (Å²) in [6.45, 7) is 3.25. The van der Waals surface area contributed by atoms with E-state index in [-0.39, 0.29) is 5.84 Å². The number of nitrogen functional groups attached to an aromatic ring is 1. The first kappa shape index (κ1) is 14.0. The summed E-state index contributed by atoms with van der Waals surface area (Å²) < 4.78 is 0. The zero-order valence-electron chi connectivity index (χ0n) is 11.9. The Labute approximate surface area is 115 Å². The summed E-state index contributed by atoms with van der Waals surface area (Å²) in [6, 6.07) is 4.61. The molecule has 19 heavy (non-hydrogen) atoms. The number of nitrogens with zero attached hydrogens (tertiary/aromatic N) is 2. The fourth-order valence-corrected chi connectivity index (χ4v) is 2.94. The van der Waals surface area contributed by atoms with Gasteiger partial charge in [-0.15, -0.1) is 0 Å². The van der Waals surface area contributed by atoms with E-state index in [1.807, 2.05) is 12.1 Å². The maximum Gasteiger partial charge on any atom is 0.141 e. The monoisotopic (exact) mass is 260 g/mol. The molecule has 0 saturated heterocycles. The van der Waals surface area contributed by atoms with Gasteiger partial charge in [0.1, 0.15) is 11.5 Å². The van der Waals surface area contributed by atoms with E-state index < -0.39 is 0 Å². The largest absolute Gasteiger partial charge is 0.382 e. The molecule has 0 bridgehead atoms. The van der Waals surface area contributed by atoms with Crippen molar-refractivity contribution in [3.05, 3.63) is 29.6 Å². The molecule has 4 heteroatoms. The Hall–Kier alpha value is -1.42. The number of hydrogen-bond donors (Lipinski definition) is 2. The second kappa shape index (κ2) is 6.15. The van der Waals surface area contributed by atoms with E-state index in [1.165, 1.54) is 31.2 Å². The molecule has 0 radical (unpaired) electrons. The molecule has 1 fully saturated rings. The van der Waals surface area contributed by atoms with Crippen LogP contribution in [0.4, 0.5) is 0 Å². The molecule has 4 nitrogen and oxygen atoms in total. The molecule has 2 rings (SSSR count). The lowest BCUT2D eigenvalue weighted by molar-refractivity contribution is 0.157. The molecule has 104 valence electrons. The van der Waals surface area contributed by atoms with Crippen molar-refractivity contribution in [2.45, 2.75) is 45.2 Å². The molecule has 0 spiro atoms. The maximum atomic E-state index is 7.44. The van der Waals surface area contributed by atoms with Crippen LogP contribution in [-0.4, -0.2) is 28.8 Å². The van der Waals surface area contributed by atoms with Crippen LogP contribution in [-0.2, 0) is 6.54 Å². The first-order valence-corrected chi connectivity index (χ1v) is 7.06. The average molecular weight is 260 g/mol. The van der Waals surface area contributed by atoms with E-state index in [4.69, 9.17) is 11.1 Å². The summed E-state index contributed by atoms with van der Waals surface area (Å²) >= 11 is 0. The van der Waals surface area contributed by atoms with Gasteiger partial charge in [0.25, 0.3) is 0 Å². The Morgan fingerprint density at radius 2 is 2.32 bits per heavy atom. The third-order valence-corrected chi connectivity index (χ3v) is 4.06. The lowest BCUT2D eigenvalue weighted by atomic mass is 9.86. The van der Waals surface area contributed by atoms with Crippen molar-refractivity contribution >= 4 is 5.84 Å². The van der Waals surface area contributed by atoms with E-state index >= 15 is 0 Å². The van der Waals surface area contributed by atoms with Gasteiger partial charge in [-0.25, -0.2) is 0 Å². The summed E-state index contributed by atoms with van der Waals surface area (Å²) in [5.41, 5.74) is 7.24. The van der Waals surface area contributed by atoms with Crippen molar-refractivity contribution in [3.63, 3.8) is 0 Å². The van der Waals surface area contributed by atoms with Crippen LogP contribution in [0.15, 0.2) is 18.3 Å². The fourth-order valence-electron chi connectivity index (χ4n) is 2.94. The summed E-state index contributed by atoms with van der Waals surface area (Å²) in [5.74, 6) is 0.877. The quantitative estimate of drug-likeness (QED) is 0.645. The van der Waals surface area contributed by atoms with Gasteiger partial charge in [-0.2, -0.15) is 0 Å². The van der Waals surface area contributed by atoms with Crippen molar-refractivity contribution < 1.29 is 0 Å². The average Bonchev–Trinajstić information content (AvgIpc) is 2.39. The minimum Gasteiger partial charge on any atom is -0.382 e. The minimum atomic E-state index is 0.0378. The minimum absolute atomic E-state index is 0.0378. The molecule has 1 aromatic rings. The van der Waals surface area contributed by atoms with Gasteiger partial charge in [0.2, 0.25) is 0 Å². The van der Waals surface area contributed by atoms with Crippen molar-refractivity contribution in [2.24, 2.45) is 11.7 Å². The van der Waals surface area contributed by atoms with Gasteiger partial charge in [-0.3, -0.25) is 15.3 Å². The Bertz CT molecular complexity index is 444. The van der Waals surface area contributed by atoms with Crippen molar-refractivity contribution in [3.8, 4) is 0 Å². The highest BCUT2D eigenvalue weighted by Crippen LogP contribution is 2.27. The Morgan fingerprint density at radius 3 is 3.00 bits per heavy atom. The van der Waals surface area contributed by atoms with Crippen LogP contribution in [0, 0.1) is 11.3 Å². The van der Waals surface area contributed by atoms with E-state index in [2.05, 4.69) is 23.9 Å². The Kier molecular flexibility index (Phi) is 4.53. The SMILES string of the molecule is CC1CCCC(N(C)Cc2ccnc(C(=N)N)c2)C1. The van der Waals surface area contributed by atoms with Crippen molar-refractivity contribution in [1.29, 1.82) is 5.41 Å². The first-order chi connectivity index (χ1) is 9.06. The van der Waals surface area contributed by atoms with Crippen LogP contribution in [0.3, 0.4) is 0 Å². The predicted molar refractivity (Wildman–Crippen MR) is 78.1 cm³/mol. The van der Waals surface area contributed by atoms with Gasteiger partial charge in [0.05, 0.1) is 0 Å². The zero-order chi connectivity index (χ0) is 13.8. The normalized spacial score (nSPS) is 23.5. The highest BCUT2D eigenvalue weighted by Gasteiger charge is 2.22. The number of nitrogens with one attached hydrogen (secondary N) is 1. The molecule has 0 aliphatic heterocycles. The number of aromatic nitrogens is 1. The molecule has 2 atom stereocenters. The summed E-state index contributed by atoms with van der Waals surface area (Å²) in [6.07, 6.45) is 7.04. The Morgan fingerprint density at radius 1 is 1.53 bits per heavy atom. The van der Waals surface area contributed by atoms with Gasteiger partial charge in [-0.1, -0.05) is 19.8 Å². The molecular formula is C15H24N4. The standard InChI is InChI=1S/C15H24N4/c1-11-4-3-5-13(8-11)19(2)10-12-6-7-18-14(9-12)15(16)17/h6-7,9,11,13H,3-5,8,10H2,1-2H3,(H3,16,17). The molecular weight excluding hydrogens is 236 g/mol. The van der Waals surface area contributed by atoms with Crippen LogP contribution in [0.25, 0.3) is 0 Å². The van der Waals surface area contributed by atoms with Crippen LogP contribution in [0.5, 0.6) is 0 Å². The first-order valence-electron chi connectivity index (χ1n) is 7.06. The van der Waals surface area contributed by atoms with E-state index in [9.17, 15) is 0 Å². The molecule has 3 N–H and O–H groups in total. The van der Waals surface area contributed by atoms with E-state index in [0.717, 1.165) is 12.5 Å². The highest BCUT2D eigenvalue weighted by molar-refractivity contribution is 5.93. The third kappa shape index (κ3) is 3.77. The van der Waals surface area contributed by atoms with Crippen LogP contribution in [0.2, 0.25) is 0 Å². The lowest BCUT2D eigenvalue weighted by Gasteiger charge is -2.34. The molecule has 0 aromatic carbocycles. The second-order valence-electron chi connectivity index (χ2n) is 5.80. The van der Waals surface area contributed by atoms with Gasteiger partial charge < -0.3 is 5.73 Å². The predicted octanol–water partition coefficient (Wildman–Crippen LogP) is 2.38. The van der Waals surface area contributed by atoms with Crippen LogP contribution < -0.4 is 5.73 Å². The van der Waals surface area contributed by atoms with Gasteiger partial charge in [0.15, 0.2) is 0 Å². The van der Waals surface area contributed by atoms with Crippen molar-refractivity contribution in [2.75, 3.05) is 7.05 Å². The topological polar surface area (TPSA) is 66.0 Å². The Balaban J connectivity index is 1.99. The zero-order valence-corrected chi connectivity index (χ0v) is 11.9. The van der Waals surface area contributed by atoms with Crippen molar-refractivity contribution in [1.82, 2.24) is 9.88 Å². The molecule has 1 heterocycles. The number of nitrogens with two attached hydrogens (primary N) is 1. The summed E-state index contributed by atoms with van der Waals surface area (Å²) in [7, 11) is 2.19. The lowest BCUT2D eigenvalue weighted by Crippen LogP contribution is -2.35. The van der Waals surface area contributed by atoms with Gasteiger partial charge in [-0.05, 0) is 43.5 Å². The molecule has 1 aliphatic carbocycles. The molecule has 1 aromatic heterocycles. The number of hydrogen-bond acceptors (Lipinski definition) is 3. The summed E-state index contributed by atoms with van der Waals surface area (Å²) in [4.78, 5) is 6.53. The molecule has 2 unspecified atom stereocenters. The maximum absolute atomic E-state index is 7.44.